The van der Waals surface area contributed by atoms with Crippen LogP contribution in [0.3, 0.4) is 0 Å². The van der Waals surface area contributed by atoms with Gasteiger partial charge in [0.25, 0.3) is 0 Å². The summed E-state index contributed by atoms with van der Waals surface area (Å²) in [6, 6.07) is 7.02. The summed E-state index contributed by atoms with van der Waals surface area (Å²) in [4.78, 5) is 23.0. The van der Waals surface area contributed by atoms with Crippen LogP contribution in [-0.2, 0) is 14.3 Å². The van der Waals surface area contributed by atoms with Gasteiger partial charge in [-0.2, -0.15) is 0 Å². The number of carbonyl (C=O) groups is 2. The van der Waals surface area contributed by atoms with E-state index in [9.17, 15) is 9.59 Å². The van der Waals surface area contributed by atoms with E-state index in [4.69, 9.17) is 4.74 Å². The van der Waals surface area contributed by atoms with Crippen LogP contribution in [0.15, 0.2) is 24.3 Å². The highest BCUT2D eigenvalue weighted by Gasteiger charge is 2.13. The quantitative estimate of drug-likeness (QED) is 0.777. The zero-order chi connectivity index (χ0) is 15.0. The lowest BCUT2D eigenvalue weighted by atomic mass is 10.1. The van der Waals surface area contributed by atoms with Crippen LogP contribution in [0.1, 0.15) is 30.6 Å². The molecular weight excluding hydrogens is 258 g/mol. The molecule has 1 aromatic rings. The number of benzene rings is 1. The Balaban J connectivity index is 2.59. The van der Waals surface area contributed by atoms with Crippen molar-refractivity contribution in [2.75, 3.05) is 25.6 Å². The number of ether oxygens (including phenoxy) is 2. The van der Waals surface area contributed by atoms with E-state index in [1.165, 1.54) is 7.11 Å². The van der Waals surface area contributed by atoms with Crippen molar-refractivity contribution in [1.82, 2.24) is 0 Å². The Morgan fingerprint density at radius 2 is 2.10 bits per heavy atom. The van der Waals surface area contributed by atoms with Crippen LogP contribution in [0.2, 0.25) is 0 Å². The van der Waals surface area contributed by atoms with Crippen LogP contribution in [0.5, 0.6) is 0 Å². The van der Waals surface area contributed by atoms with E-state index in [0.717, 1.165) is 12.1 Å². The van der Waals surface area contributed by atoms with Crippen molar-refractivity contribution in [2.45, 2.75) is 20.3 Å². The van der Waals surface area contributed by atoms with Gasteiger partial charge in [0, 0.05) is 12.2 Å². The molecule has 5 heteroatoms. The Labute approximate surface area is 119 Å². The maximum absolute atomic E-state index is 11.7. The van der Waals surface area contributed by atoms with Crippen molar-refractivity contribution in [2.24, 2.45) is 5.92 Å². The zero-order valence-corrected chi connectivity index (χ0v) is 12.1. The lowest BCUT2D eigenvalue weighted by Crippen LogP contribution is -2.21. The van der Waals surface area contributed by atoms with Crippen molar-refractivity contribution in [1.29, 1.82) is 0 Å². The molecule has 0 saturated carbocycles. The van der Waals surface area contributed by atoms with Gasteiger partial charge in [-0.15, -0.1) is 0 Å². The minimum absolute atomic E-state index is 0.254. The van der Waals surface area contributed by atoms with Crippen molar-refractivity contribution >= 4 is 17.6 Å². The molecule has 0 aliphatic rings. The van der Waals surface area contributed by atoms with Gasteiger partial charge in [0.2, 0.25) is 0 Å². The van der Waals surface area contributed by atoms with Gasteiger partial charge >= 0.3 is 11.9 Å². The summed E-state index contributed by atoms with van der Waals surface area (Å²) in [7, 11) is 1.36. The predicted molar refractivity (Wildman–Crippen MR) is 76.7 cm³/mol. The minimum atomic E-state index is -0.337. The molecule has 0 heterocycles. The van der Waals surface area contributed by atoms with E-state index < -0.39 is 0 Å². The smallest absolute Gasteiger partial charge is 0.338 e. The molecule has 0 spiro atoms. The molecule has 0 bridgehead atoms. The van der Waals surface area contributed by atoms with Gasteiger partial charge in [0.15, 0.2) is 0 Å². The molecule has 110 valence electrons. The highest BCUT2D eigenvalue weighted by atomic mass is 16.5. The standard InChI is InChI=1S/C15H21NO4/c1-4-8-20-15(18)12-6-5-7-13(9-12)16-10-11(2)14(17)19-3/h5-7,9,11,16H,4,8,10H2,1-3H3. The van der Waals surface area contributed by atoms with Crippen LogP contribution in [0.4, 0.5) is 5.69 Å². The highest BCUT2D eigenvalue weighted by molar-refractivity contribution is 5.90. The SMILES string of the molecule is CCCOC(=O)c1cccc(NCC(C)C(=O)OC)c1. The maximum atomic E-state index is 11.7. The lowest BCUT2D eigenvalue weighted by Gasteiger charge is -2.12. The Bertz CT molecular complexity index is 459. The summed E-state index contributed by atoms with van der Waals surface area (Å²) in [5, 5.41) is 3.10. The monoisotopic (exact) mass is 279 g/mol. The average molecular weight is 279 g/mol. The van der Waals surface area contributed by atoms with Crippen molar-refractivity contribution in [3.63, 3.8) is 0 Å². The number of esters is 2. The van der Waals surface area contributed by atoms with E-state index in [0.29, 0.717) is 18.7 Å². The Kier molecular flexibility index (Phi) is 6.56. The summed E-state index contributed by atoms with van der Waals surface area (Å²) in [6.07, 6.45) is 0.792. The van der Waals surface area contributed by atoms with E-state index >= 15 is 0 Å². The largest absolute Gasteiger partial charge is 0.469 e. The third-order valence-electron chi connectivity index (χ3n) is 2.75. The maximum Gasteiger partial charge on any atom is 0.338 e. The molecule has 0 aromatic heterocycles. The number of anilines is 1. The number of hydrogen-bond donors (Lipinski definition) is 1. The molecule has 1 rings (SSSR count). The van der Waals surface area contributed by atoms with Crippen molar-refractivity contribution in [3.8, 4) is 0 Å². The molecule has 5 nitrogen and oxygen atoms in total. The summed E-state index contributed by atoms with van der Waals surface area (Å²) in [5.74, 6) is -0.858. The summed E-state index contributed by atoms with van der Waals surface area (Å²) >= 11 is 0. The fraction of sp³-hybridized carbons (Fsp3) is 0.467. The molecular formula is C15H21NO4. The summed E-state index contributed by atoms with van der Waals surface area (Å²) in [5.41, 5.74) is 1.26. The van der Waals surface area contributed by atoms with Crippen LogP contribution in [-0.4, -0.2) is 32.2 Å². The number of carbonyl (C=O) groups excluding carboxylic acids is 2. The molecule has 20 heavy (non-hydrogen) atoms. The zero-order valence-electron chi connectivity index (χ0n) is 12.1. The minimum Gasteiger partial charge on any atom is -0.469 e. The highest BCUT2D eigenvalue weighted by Crippen LogP contribution is 2.13. The van der Waals surface area contributed by atoms with Gasteiger partial charge in [-0.1, -0.05) is 19.9 Å². The normalized spacial score (nSPS) is 11.6. The molecule has 0 fully saturated rings. The first-order valence-corrected chi connectivity index (χ1v) is 6.67. The molecule has 0 aliphatic carbocycles. The fourth-order valence-electron chi connectivity index (χ4n) is 1.59. The second-order valence-corrected chi connectivity index (χ2v) is 4.52. The first kappa shape index (κ1) is 16.0. The van der Waals surface area contributed by atoms with Crippen LogP contribution in [0.25, 0.3) is 0 Å². The number of hydrogen-bond acceptors (Lipinski definition) is 5. The van der Waals surface area contributed by atoms with Crippen LogP contribution < -0.4 is 5.32 Å². The van der Waals surface area contributed by atoms with E-state index in [2.05, 4.69) is 10.1 Å². The second kappa shape index (κ2) is 8.19. The molecule has 0 saturated heterocycles. The molecule has 1 unspecified atom stereocenters. The van der Waals surface area contributed by atoms with Gasteiger partial charge in [-0.05, 0) is 24.6 Å². The van der Waals surface area contributed by atoms with E-state index in [1.54, 1.807) is 25.1 Å². The Hall–Kier alpha value is -2.04. The van der Waals surface area contributed by atoms with Crippen molar-refractivity contribution < 1.29 is 19.1 Å². The fourth-order valence-corrected chi connectivity index (χ4v) is 1.59. The summed E-state index contributed by atoms with van der Waals surface area (Å²) < 4.78 is 9.73. The van der Waals surface area contributed by atoms with Gasteiger partial charge in [-0.25, -0.2) is 4.79 Å². The first-order chi connectivity index (χ1) is 9.58. The molecule has 0 aliphatic heterocycles. The van der Waals surface area contributed by atoms with Crippen molar-refractivity contribution in [3.05, 3.63) is 29.8 Å². The molecule has 1 aromatic carbocycles. The average Bonchev–Trinajstić information content (AvgIpc) is 2.49. The molecule has 1 N–H and O–H groups in total. The van der Waals surface area contributed by atoms with E-state index in [-0.39, 0.29) is 17.9 Å². The number of rotatable bonds is 7. The predicted octanol–water partition coefficient (Wildman–Crippen LogP) is 2.47. The topological polar surface area (TPSA) is 64.6 Å². The van der Waals surface area contributed by atoms with Gasteiger partial charge < -0.3 is 14.8 Å². The molecule has 0 radical (unpaired) electrons. The lowest BCUT2D eigenvalue weighted by molar-refractivity contribution is -0.144. The van der Waals surface area contributed by atoms with Crippen LogP contribution in [0, 0.1) is 5.92 Å². The van der Waals surface area contributed by atoms with Crippen LogP contribution >= 0.6 is 0 Å². The third kappa shape index (κ3) is 4.91. The third-order valence-corrected chi connectivity index (χ3v) is 2.75. The molecule has 0 amide bonds. The Morgan fingerprint density at radius 3 is 2.75 bits per heavy atom. The first-order valence-electron chi connectivity index (χ1n) is 6.67. The number of nitrogens with one attached hydrogen (secondary N) is 1. The van der Waals surface area contributed by atoms with Gasteiger partial charge in [-0.3, -0.25) is 4.79 Å². The Morgan fingerprint density at radius 1 is 1.35 bits per heavy atom. The van der Waals surface area contributed by atoms with Gasteiger partial charge in [0.1, 0.15) is 0 Å². The second-order valence-electron chi connectivity index (χ2n) is 4.52. The van der Waals surface area contributed by atoms with E-state index in [1.807, 2.05) is 13.0 Å². The molecule has 1 atom stereocenters. The number of methoxy groups -OCH3 is 1. The van der Waals surface area contributed by atoms with Gasteiger partial charge in [0.05, 0.1) is 25.2 Å². The summed E-state index contributed by atoms with van der Waals surface area (Å²) in [6.45, 7) is 4.58.